The average Bonchev–Trinajstić information content (AvgIpc) is 1.61. The van der Waals surface area contributed by atoms with Gasteiger partial charge in [-0.2, -0.15) is 0 Å². The summed E-state index contributed by atoms with van der Waals surface area (Å²) < 4.78 is 22.3. The highest BCUT2D eigenvalue weighted by Gasteiger charge is 1.97. The zero-order valence-electron chi connectivity index (χ0n) is 3.73. The van der Waals surface area contributed by atoms with E-state index in [1.165, 1.54) is 5.37 Å². The molecule has 0 heterocycles. The van der Waals surface area contributed by atoms with Gasteiger partial charge in [-0.25, -0.2) is 8.78 Å². The van der Waals surface area contributed by atoms with Gasteiger partial charge in [0.2, 0.25) is 6.43 Å². The normalized spacial score (nSPS) is 9.57. The Labute approximate surface area is 46.5 Å². The second kappa shape index (κ2) is 4.12. The molecule has 0 aromatic carbocycles. The highest BCUT2D eigenvalue weighted by molar-refractivity contribution is 7.78. The van der Waals surface area contributed by atoms with Crippen molar-refractivity contribution in [1.29, 1.82) is 0 Å². The Morgan fingerprint density at radius 2 is 2.14 bits per heavy atom. The SMILES string of the molecule is FC(F)CCC=S. The van der Waals surface area contributed by atoms with Crippen LogP contribution >= 0.6 is 12.2 Å². The van der Waals surface area contributed by atoms with Gasteiger partial charge in [-0.1, -0.05) is 12.2 Å². The molecular formula is C4H6F2S. The number of thiocarbonyl (C=S) groups is 1. The number of alkyl halides is 2. The zero-order valence-corrected chi connectivity index (χ0v) is 4.55. The average molecular weight is 124 g/mol. The van der Waals surface area contributed by atoms with Crippen LogP contribution in [0, 0.1) is 0 Å². The van der Waals surface area contributed by atoms with E-state index >= 15 is 0 Å². The van der Waals surface area contributed by atoms with E-state index in [4.69, 9.17) is 0 Å². The van der Waals surface area contributed by atoms with E-state index in [2.05, 4.69) is 12.2 Å². The molecule has 0 amide bonds. The highest BCUT2D eigenvalue weighted by Crippen LogP contribution is 1.99. The Balaban J connectivity index is 2.81. The molecule has 0 aromatic rings. The van der Waals surface area contributed by atoms with Gasteiger partial charge in [-0.15, -0.1) is 0 Å². The van der Waals surface area contributed by atoms with Gasteiger partial charge in [0.25, 0.3) is 0 Å². The lowest BCUT2D eigenvalue weighted by molar-refractivity contribution is 0.141. The Kier molecular flexibility index (Phi) is 4.09. The predicted octanol–water partition coefficient (Wildman–Crippen LogP) is 2.03. The molecule has 0 atom stereocenters. The summed E-state index contributed by atoms with van der Waals surface area (Å²) in [6.07, 6.45) is -1.95. The summed E-state index contributed by atoms with van der Waals surface area (Å²) in [5.41, 5.74) is 0. The number of rotatable bonds is 3. The van der Waals surface area contributed by atoms with Gasteiger partial charge >= 0.3 is 0 Å². The van der Waals surface area contributed by atoms with E-state index in [0.717, 1.165) is 0 Å². The van der Waals surface area contributed by atoms with Crippen LogP contribution < -0.4 is 0 Å². The maximum atomic E-state index is 11.2. The minimum absolute atomic E-state index is 0.0938. The van der Waals surface area contributed by atoms with Crippen LogP contribution in [0.3, 0.4) is 0 Å². The molecule has 0 spiro atoms. The van der Waals surface area contributed by atoms with Gasteiger partial charge in [-0.3, -0.25) is 0 Å². The van der Waals surface area contributed by atoms with Crippen molar-refractivity contribution in [3.05, 3.63) is 0 Å². The molecule has 0 bridgehead atoms. The van der Waals surface area contributed by atoms with Crippen LogP contribution in [-0.4, -0.2) is 11.8 Å². The molecule has 0 aliphatic carbocycles. The third-order valence-corrected chi connectivity index (χ3v) is 0.738. The first kappa shape index (κ1) is 6.95. The standard InChI is InChI=1S/C4H6F2S/c5-4(6)2-1-3-7/h3-4H,1-2H2. The van der Waals surface area contributed by atoms with Crippen LogP contribution in [0.2, 0.25) is 0 Å². The lowest BCUT2D eigenvalue weighted by Crippen LogP contribution is -1.87. The fraction of sp³-hybridized carbons (Fsp3) is 0.750. The summed E-state index contributed by atoms with van der Waals surface area (Å²) in [5, 5.41) is 1.33. The van der Waals surface area contributed by atoms with Crippen molar-refractivity contribution in [2.75, 3.05) is 0 Å². The molecule has 0 N–H and O–H groups in total. The largest absolute Gasteiger partial charge is 0.239 e. The minimum atomic E-state index is -2.20. The fourth-order valence-corrected chi connectivity index (χ4v) is 0.330. The van der Waals surface area contributed by atoms with Crippen LogP contribution in [0.4, 0.5) is 8.78 Å². The van der Waals surface area contributed by atoms with Gasteiger partial charge in [0, 0.05) is 6.42 Å². The van der Waals surface area contributed by atoms with Gasteiger partial charge in [0.1, 0.15) is 0 Å². The monoisotopic (exact) mass is 124 g/mol. The zero-order chi connectivity index (χ0) is 5.70. The highest BCUT2D eigenvalue weighted by atomic mass is 32.1. The summed E-state index contributed by atoms with van der Waals surface area (Å²) in [5.74, 6) is 0. The number of hydrogen-bond donors (Lipinski definition) is 0. The third-order valence-electron chi connectivity index (χ3n) is 0.503. The van der Waals surface area contributed by atoms with Gasteiger partial charge in [-0.05, 0) is 11.8 Å². The van der Waals surface area contributed by atoms with Crippen molar-refractivity contribution in [2.45, 2.75) is 19.3 Å². The molecule has 0 aliphatic rings. The molecule has 0 rings (SSSR count). The van der Waals surface area contributed by atoms with Crippen LogP contribution in [0.5, 0.6) is 0 Å². The van der Waals surface area contributed by atoms with Crippen molar-refractivity contribution in [1.82, 2.24) is 0 Å². The van der Waals surface area contributed by atoms with Crippen molar-refractivity contribution >= 4 is 17.6 Å². The van der Waals surface area contributed by atoms with Gasteiger partial charge in [0.15, 0.2) is 0 Å². The number of hydrogen-bond acceptors (Lipinski definition) is 1. The first-order valence-corrected chi connectivity index (χ1v) is 2.46. The Morgan fingerprint density at radius 1 is 1.57 bits per heavy atom. The van der Waals surface area contributed by atoms with E-state index in [1.807, 2.05) is 0 Å². The van der Waals surface area contributed by atoms with Crippen molar-refractivity contribution in [3.63, 3.8) is 0 Å². The van der Waals surface area contributed by atoms with Crippen LogP contribution in [0.15, 0.2) is 0 Å². The Hall–Kier alpha value is -0.0500. The molecular weight excluding hydrogens is 118 g/mol. The fourth-order valence-electron chi connectivity index (χ4n) is 0.194. The molecule has 0 radical (unpaired) electrons. The first-order valence-electron chi connectivity index (χ1n) is 1.99. The Morgan fingerprint density at radius 3 is 2.29 bits per heavy atom. The van der Waals surface area contributed by atoms with E-state index in [1.54, 1.807) is 0 Å². The summed E-state index contributed by atoms with van der Waals surface area (Å²) >= 11 is 4.31. The third kappa shape index (κ3) is 5.95. The predicted molar refractivity (Wildman–Crippen MR) is 28.9 cm³/mol. The lowest BCUT2D eigenvalue weighted by atomic mass is 10.4. The molecule has 0 saturated heterocycles. The van der Waals surface area contributed by atoms with Crippen LogP contribution in [0.25, 0.3) is 0 Å². The molecule has 0 saturated carbocycles. The molecule has 3 heteroatoms. The lowest BCUT2D eigenvalue weighted by Gasteiger charge is -1.88. The second-order valence-electron chi connectivity index (χ2n) is 1.14. The number of halogens is 2. The van der Waals surface area contributed by atoms with Gasteiger partial charge < -0.3 is 0 Å². The summed E-state index contributed by atoms with van der Waals surface area (Å²) in [6.45, 7) is 0. The van der Waals surface area contributed by atoms with Gasteiger partial charge in [0.05, 0.1) is 0 Å². The summed E-state index contributed by atoms with van der Waals surface area (Å²) in [4.78, 5) is 0. The molecule has 7 heavy (non-hydrogen) atoms. The second-order valence-corrected chi connectivity index (χ2v) is 1.47. The summed E-state index contributed by atoms with van der Waals surface area (Å²) in [6, 6.07) is 0. The van der Waals surface area contributed by atoms with E-state index in [0.29, 0.717) is 6.42 Å². The minimum Gasteiger partial charge on any atom is -0.211 e. The molecule has 0 aromatic heterocycles. The van der Waals surface area contributed by atoms with Crippen LogP contribution in [-0.2, 0) is 0 Å². The molecule has 0 aliphatic heterocycles. The van der Waals surface area contributed by atoms with E-state index < -0.39 is 6.43 Å². The van der Waals surface area contributed by atoms with E-state index in [-0.39, 0.29) is 6.42 Å². The van der Waals surface area contributed by atoms with E-state index in [9.17, 15) is 8.78 Å². The topological polar surface area (TPSA) is 0 Å². The smallest absolute Gasteiger partial charge is 0.211 e. The van der Waals surface area contributed by atoms with Crippen molar-refractivity contribution in [2.24, 2.45) is 0 Å². The summed E-state index contributed by atoms with van der Waals surface area (Å²) in [7, 11) is 0. The molecule has 42 valence electrons. The maximum Gasteiger partial charge on any atom is 0.239 e. The molecule has 0 fully saturated rings. The molecule has 0 nitrogen and oxygen atoms in total. The Bertz CT molecular complexity index is 53.7. The van der Waals surface area contributed by atoms with Crippen molar-refractivity contribution < 1.29 is 8.78 Å². The van der Waals surface area contributed by atoms with Crippen molar-refractivity contribution in [3.8, 4) is 0 Å². The molecule has 0 unspecified atom stereocenters. The quantitative estimate of drug-likeness (QED) is 0.519. The maximum absolute atomic E-state index is 11.2. The van der Waals surface area contributed by atoms with Crippen LogP contribution in [0.1, 0.15) is 12.8 Å². The first-order chi connectivity index (χ1) is 3.27.